The van der Waals surface area contributed by atoms with Crippen LogP contribution in [-0.4, -0.2) is 6.03 Å². The van der Waals surface area contributed by atoms with Gasteiger partial charge in [0, 0.05) is 17.1 Å². The van der Waals surface area contributed by atoms with E-state index >= 15 is 0 Å². The largest absolute Gasteiger partial charge is 0.334 e. The number of nitrogens with one attached hydrogen (secondary N) is 2. The minimum absolute atomic E-state index is 0.127. The van der Waals surface area contributed by atoms with E-state index in [-0.39, 0.29) is 18.4 Å². The molecule has 0 aliphatic rings. The molecular formula is C18H20ClFN2O. The Morgan fingerprint density at radius 1 is 1.09 bits per heavy atom. The summed E-state index contributed by atoms with van der Waals surface area (Å²) < 4.78 is 13.6. The molecule has 0 spiro atoms. The van der Waals surface area contributed by atoms with Crippen molar-refractivity contribution < 1.29 is 9.18 Å². The topological polar surface area (TPSA) is 41.1 Å². The molecule has 5 heteroatoms. The summed E-state index contributed by atoms with van der Waals surface area (Å²) in [6.07, 6.45) is 1.50. The predicted octanol–water partition coefficient (Wildman–Crippen LogP) is 4.93. The van der Waals surface area contributed by atoms with Gasteiger partial charge in [0.25, 0.3) is 0 Å². The molecule has 23 heavy (non-hydrogen) atoms. The van der Waals surface area contributed by atoms with E-state index in [0.29, 0.717) is 10.6 Å². The molecule has 2 amide bonds. The Bertz CT molecular complexity index is 703. The van der Waals surface area contributed by atoms with Gasteiger partial charge in [0.1, 0.15) is 5.82 Å². The van der Waals surface area contributed by atoms with Gasteiger partial charge in [0.2, 0.25) is 0 Å². The molecule has 2 N–H and O–H groups in total. The average molecular weight is 335 g/mol. The van der Waals surface area contributed by atoms with Crippen LogP contribution in [0.2, 0.25) is 5.02 Å². The van der Waals surface area contributed by atoms with E-state index in [1.807, 2.05) is 26.0 Å². The summed E-state index contributed by atoms with van der Waals surface area (Å²) in [7, 11) is 0. The number of urea groups is 1. The van der Waals surface area contributed by atoms with Crippen LogP contribution in [0.25, 0.3) is 0 Å². The van der Waals surface area contributed by atoms with E-state index in [1.54, 1.807) is 18.2 Å². The Hall–Kier alpha value is -2.07. The first-order valence-corrected chi connectivity index (χ1v) is 8.03. The Kier molecular flexibility index (Phi) is 5.99. The summed E-state index contributed by atoms with van der Waals surface area (Å²) in [5.74, 6) is -0.334. The standard InChI is InChI=1S/C18H20ClFN2O/c1-3-12-9-10-15(19)14(4-2)17(12)22-18(23)21-11-13-7-5-6-8-16(13)20/h5-10H,3-4,11H2,1-2H3,(H2,21,22,23). The number of halogens is 2. The molecule has 2 aromatic rings. The molecule has 3 nitrogen and oxygen atoms in total. The number of carbonyl (C=O) groups excluding carboxylic acids is 1. The fraction of sp³-hybridized carbons (Fsp3) is 0.278. The Labute approximate surface area is 140 Å². The van der Waals surface area contributed by atoms with E-state index in [0.717, 1.165) is 29.7 Å². The van der Waals surface area contributed by atoms with Gasteiger partial charge in [-0.25, -0.2) is 9.18 Å². The second kappa shape index (κ2) is 7.97. The summed E-state index contributed by atoms with van der Waals surface area (Å²) in [4.78, 5) is 12.2. The van der Waals surface area contributed by atoms with Crippen LogP contribution in [0.5, 0.6) is 0 Å². The normalized spacial score (nSPS) is 10.4. The Morgan fingerprint density at radius 3 is 2.48 bits per heavy atom. The maximum absolute atomic E-state index is 13.6. The lowest BCUT2D eigenvalue weighted by molar-refractivity contribution is 0.251. The van der Waals surface area contributed by atoms with Crippen LogP contribution in [0.3, 0.4) is 0 Å². The summed E-state index contributed by atoms with van der Waals surface area (Å²) in [6.45, 7) is 4.14. The van der Waals surface area contributed by atoms with E-state index < -0.39 is 0 Å². The number of amides is 2. The molecule has 0 aliphatic carbocycles. The number of aryl methyl sites for hydroxylation is 1. The lowest BCUT2D eigenvalue weighted by Crippen LogP contribution is -2.29. The zero-order chi connectivity index (χ0) is 16.8. The van der Waals surface area contributed by atoms with Gasteiger partial charge >= 0.3 is 6.03 Å². The number of hydrogen-bond donors (Lipinski definition) is 2. The van der Waals surface area contributed by atoms with E-state index in [9.17, 15) is 9.18 Å². The van der Waals surface area contributed by atoms with Gasteiger partial charge in [0.05, 0.1) is 5.69 Å². The highest BCUT2D eigenvalue weighted by Crippen LogP contribution is 2.29. The maximum Gasteiger partial charge on any atom is 0.319 e. The molecule has 0 heterocycles. The van der Waals surface area contributed by atoms with Crippen LogP contribution < -0.4 is 10.6 Å². The second-order valence-corrected chi connectivity index (χ2v) is 5.57. The maximum atomic E-state index is 13.6. The fourth-order valence-corrected chi connectivity index (χ4v) is 2.73. The number of anilines is 1. The van der Waals surface area contributed by atoms with E-state index in [4.69, 9.17) is 11.6 Å². The van der Waals surface area contributed by atoms with Crippen molar-refractivity contribution in [2.45, 2.75) is 33.2 Å². The Balaban J connectivity index is 2.11. The van der Waals surface area contributed by atoms with E-state index in [2.05, 4.69) is 10.6 Å². The third-order valence-electron chi connectivity index (χ3n) is 3.71. The smallest absolute Gasteiger partial charge is 0.319 e. The van der Waals surface area contributed by atoms with Crippen molar-refractivity contribution in [1.29, 1.82) is 0 Å². The van der Waals surface area contributed by atoms with Crippen molar-refractivity contribution in [1.82, 2.24) is 5.32 Å². The van der Waals surface area contributed by atoms with Crippen LogP contribution >= 0.6 is 11.6 Å². The van der Waals surface area contributed by atoms with E-state index in [1.165, 1.54) is 6.07 Å². The highest BCUT2D eigenvalue weighted by atomic mass is 35.5. The van der Waals surface area contributed by atoms with Gasteiger partial charge in [-0.15, -0.1) is 0 Å². The monoisotopic (exact) mass is 334 g/mol. The van der Waals surface area contributed by atoms with Crippen molar-refractivity contribution in [3.8, 4) is 0 Å². The third-order valence-corrected chi connectivity index (χ3v) is 4.07. The molecule has 0 fully saturated rings. The fourth-order valence-electron chi connectivity index (χ4n) is 2.44. The number of benzene rings is 2. The number of hydrogen-bond acceptors (Lipinski definition) is 1. The van der Waals surface area contributed by atoms with Crippen molar-refractivity contribution >= 4 is 23.3 Å². The van der Waals surface area contributed by atoms with Crippen LogP contribution in [0.15, 0.2) is 36.4 Å². The minimum Gasteiger partial charge on any atom is -0.334 e. The summed E-state index contributed by atoms with van der Waals surface area (Å²) in [5.41, 5.74) is 3.12. The SMILES string of the molecule is CCc1ccc(Cl)c(CC)c1NC(=O)NCc1ccccc1F. The Morgan fingerprint density at radius 2 is 1.83 bits per heavy atom. The zero-order valence-corrected chi connectivity index (χ0v) is 14.0. The summed E-state index contributed by atoms with van der Waals surface area (Å²) >= 11 is 6.21. The highest BCUT2D eigenvalue weighted by Gasteiger charge is 2.13. The molecule has 2 aromatic carbocycles. The molecule has 0 saturated carbocycles. The second-order valence-electron chi connectivity index (χ2n) is 5.17. The molecule has 0 saturated heterocycles. The van der Waals surface area contributed by atoms with Crippen molar-refractivity contribution in [3.63, 3.8) is 0 Å². The van der Waals surface area contributed by atoms with Gasteiger partial charge in [0.15, 0.2) is 0 Å². The first-order valence-electron chi connectivity index (χ1n) is 7.65. The first kappa shape index (κ1) is 17.3. The zero-order valence-electron chi connectivity index (χ0n) is 13.2. The van der Waals surface area contributed by atoms with Gasteiger partial charge in [-0.05, 0) is 36.1 Å². The van der Waals surface area contributed by atoms with Crippen molar-refractivity contribution in [2.24, 2.45) is 0 Å². The molecule has 0 aromatic heterocycles. The molecule has 0 aliphatic heterocycles. The van der Waals surface area contributed by atoms with Crippen LogP contribution in [0.1, 0.15) is 30.5 Å². The molecule has 0 unspecified atom stereocenters. The molecule has 2 rings (SSSR count). The van der Waals surface area contributed by atoms with Crippen molar-refractivity contribution in [3.05, 3.63) is 63.9 Å². The number of rotatable bonds is 5. The third kappa shape index (κ3) is 4.23. The molecule has 0 atom stereocenters. The van der Waals surface area contributed by atoms with Crippen LogP contribution in [0, 0.1) is 5.82 Å². The van der Waals surface area contributed by atoms with Gasteiger partial charge < -0.3 is 10.6 Å². The summed E-state index contributed by atoms with van der Waals surface area (Å²) in [5, 5.41) is 6.17. The van der Waals surface area contributed by atoms with Crippen molar-refractivity contribution in [2.75, 3.05) is 5.32 Å². The van der Waals surface area contributed by atoms with Crippen LogP contribution in [-0.2, 0) is 19.4 Å². The lowest BCUT2D eigenvalue weighted by Gasteiger charge is -2.16. The summed E-state index contributed by atoms with van der Waals surface area (Å²) in [6, 6.07) is 9.75. The van der Waals surface area contributed by atoms with Gasteiger partial charge in [-0.3, -0.25) is 0 Å². The van der Waals surface area contributed by atoms with Crippen LogP contribution in [0.4, 0.5) is 14.9 Å². The minimum atomic E-state index is -0.375. The first-order chi connectivity index (χ1) is 11.1. The molecular weight excluding hydrogens is 315 g/mol. The average Bonchev–Trinajstić information content (AvgIpc) is 2.54. The molecule has 122 valence electrons. The van der Waals surface area contributed by atoms with Gasteiger partial charge in [-0.2, -0.15) is 0 Å². The molecule has 0 radical (unpaired) electrons. The predicted molar refractivity (Wildman–Crippen MR) is 92.5 cm³/mol. The molecule has 0 bridgehead atoms. The lowest BCUT2D eigenvalue weighted by atomic mass is 10.0. The number of carbonyl (C=O) groups is 1. The highest BCUT2D eigenvalue weighted by molar-refractivity contribution is 6.31. The quantitative estimate of drug-likeness (QED) is 0.800. The van der Waals surface area contributed by atoms with Gasteiger partial charge in [-0.1, -0.05) is 49.7 Å².